The van der Waals surface area contributed by atoms with E-state index < -0.39 is 0 Å². The molecule has 1 N–H and O–H groups in total. The Morgan fingerprint density at radius 3 is 2.73 bits per heavy atom. The van der Waals surface area contributed by atoms with Crippen LogP contribution in [0.25, 0.3) is 0 Å². The third-order valence-corrected chi connectivity index (χ3v) is 2.75. The monoisotopic (exact) mass is 210 g/mol. The van der Waals surface area contributed by atoms with E-state index in [2.05, 4.69) is 41.3 Å². The van der Waals surface area contributed by atoms with Gasteiger partial charge in [-0.25, -0.2) is 0 Å². The lowest BCUT2D eigenvalue weighted by Crippen LogP contribution is -2.55. The molecule has 0 bridgehead atoms. The van der Waals surface area contributed by atoms with Gasteiger partial charge in [0.25, 0.3) is 0 Å². The van der Waals surface area contributed by atoms with Gasteiger partial charge in [0.15, 0.2) is 5.82 Å². The summed E-state index contributed by atoms with van der Waals surface area (Å²) in [7, 11) is 2.09. The molecular weight excluding hydrogens is 192 g/mol. The molecule has 15 heavy (non-hydrogen) atoms. The van der Waals surface area contributed by atoms with E-state index in [4.69, 9.17) is 4.52 Å². The number of nitrogens with zero attached hydrogens (tertiary/aromatic N) is 3. The Bertz CT molecular complexity index is 319. The molecule has 5 heteroatoms. The molecule has 2 rings (SSSR count). The molecule has 1 aliphatic heterocycles. The Morgan fingerprint density at radius 1 is 1.53 bits per heavy atom. The molecule has 1 saturated heterocycles. The summed E-state index contributed by atoms with van der Waals surface area (Å²) in [6.45, 7) is 6.99. The summed E-state index contributed by atoms with van der Waals surface area (Å²) in [5, 5.41) is 7.22. The summed E-state index contributed by atoms with van der Waals surface area (Å²) in [5.41, 5.74) is 0. The molecule has 0 spiro atoms. The minimum absolute atomic E-state index is 0.307. The summed E-state index contributed by atoms with van der Waals surface area (Å²) in [5.74, 6) is 1.82. The summed E-state index contributed by atoms with van der Waals surface area (Å²) >= 11 is 0. The van der Waals surface area contributed by atoms with Gasteiger partial charge in [0.2, 0.25) is 5.89 Å². The van der Waals surface area contributed by atoms with Crippen molar-refractivity contribution in [2.24, 2.45) is 0 Å². The maximum absolute atomic E-state index is 5.15. The lowest BCUT2D eigenvalue weighted by atomic mass is 10.1. The van der Waals surface area contributed by atoms with Crippen LogP contribution in [0.2, 0.25) is 0 Å². The molecule has 0 amide bonds. The molecule has 0 aliphatic carbocycles. The van der Waals surface area contributed by atoms with Crippen LogP contribution in [-0.4, -0.2) is 41.2 Å². The van der Waals surface area contributed by atoms with Gasteiger partial charge in [-0.2, -0.15) is 4.98 Å². The number of hydrogen-bond donors (Lipinski definition) is 1. The number of likely N-dealkylation sites (N-methyl/N-ethyl adjacent to an activating group) is 1. The molecule has 1 aliphatic rings. The third kappa shape index (κ3) is 2.35. The first-order valence-electron chi connectivity index (χ1n) is 5.40. The zero-order chi connectivity index (χ0) is 10.8. The Labute approximate surface area is 89.8 Å². The first kappa shape index (κ1) is 10.6. The molecule has 0 atom stereocenters. The molecule has 1 aromatic heterocycles. The Hall–Kier alpha value is -0.940. The van der Waals surface area contributed by atoms with Crippen LogP contribution in [0.4, 0.5) is 0 Å². The van der Waals surface area contributed by atoms with Gasteiger partial charge in [-0.1, -0.05) is 19.0 Å². The van der Waals surface area contributed by atoms with Gasteiger partial charge in [0.1, 0.15) is 0 Å². The first-order valence-corrected chi connectivity index (χ1v) is 5.40. The lowest BCUT2D eigenvalue weighted by molar-refractivity contribution is 0.168. The molecule has 1 fully saturated rings. The molecule has 0 aromatic carbocycles. The standard InChI is InChI=1S/C10H18N4O/c1-7(2)10-12-9(13-15-10)6-14(3)8-4-11-5-8/h7-8,11H,4-6H2,1-3H3. The molecule has 5 nitrogen and oxygen atoms in total. The lowest BCUT2D eigenvalue weighted by Gasteiger charge is -2.34. The topological polar surface area (TPSA) is 54.2 Å². The Balaban J connectivity index is 1.91. The smallest absolute Gasteiger partial charge is 0.229 e. The van der Waals surface area contributed by atoms with Crippen molar-refractivity contribution in [3.8, 4) is 0 Å². The first-order chi connectivity index (χ1) is 7.16. The summed E-state index contributed by atoms with van der Waals surface area (Å²) < 4.78 is 5.15. The fourth-order valence-corrected chi connectivity index (χ4v) is 1.50. The van der Waals surface area contributed by atoms with Crippen LogP contribution < -0.4 is 5.32 Å². The summed E-state index contributed by atoms with van der Waals surface area (Å²) in [6.07, 6.45) is 0. The van der Waals surface area contributed by atoms with Gasteiger partial charge < -0.3 is 9.84 Å². The molecular formula is C10H18N4O. The van der Waals surface area contributed by atoms with E-state index >= 15 is 0 Å². The van der Waals surface area contributed by atoms with Crippen molar-refractivity contribution >= 4 is 0 Å². The SMILES string of the molecule is CC(C)c1nc(CN(C)C2CNC2)no1. The summed E-state index contributed by atoms with van der Waals surface area (Å²) in [4.78, 5) is 6.61. The van der Waals surface area contributed by atoms with Gasteiger partial charge >= 0.3 is 0 Å². The highest BCUT2D eigenvalue weighted by molar-refractivity contribution is 4.92. The highest BCUT2D eigenvalue weighted by atomic mass is 16.5. The van der Waals surface area contributed by atoms with Crippen molar-refractivity contribution in [2.45, 2.75) is 32.4 Å². The summed E-state index contributed by atoms with van der Waals surface area (Å²) in [6, 6.07) is 0.617. The second-order valence-corrected chi connectivity index (χ2v) is 4.43. The van der Waals surface area contributed by atoms with E-state index in [1.165, 1.54) is 0 Å². The van der Waals surface area contributed by atoms with Crippen LogP contribution in [0.3, 0.4) is 0 Å². The molecule has 0 radical (unpaired) electrons. The maximum atomic E-state index is 5.15. The highest BCUT2D eigenvalue weighted by Crippen LogP contribution is 2.12. The predicted octanol–water partition coefficient (Wildman–Crippen LogP) is 0.597. The van der Waals surface area contributed by atoms with Crippen LogP contribution in [0.1, 0.15) is 31.5 Å². The van der Waals surface area contributed by atoms with Crippen molar-refractivity contribution in [3.05, 3.63) is 11.7 Å². The maximum Gasteiger partial charge on any atom is 0.229 e. The van der Waals surface area contributed by atoms with Crippen molar-refractivity contribution in [3.63, 3.8) is 0 Å². The molecule has 0 unspecified atom stereocenters. The molecule has 84 valence electrons. The third-order valence-electron chi connectivity index (χ3n) is 2.75. The van der Waals surface area contributed by atoms with Crippen molar-refractivity contribution < 1.29 is 4.52 Å². The minimum Gasteiger partial charge on any atom is -0.339 e. The van der Waals surface area contributed by atoms with Gasteiger partial charge in [0.05, 0.1) is 6.54 Å². The molecule has 1 aromatic rings. The quantitative estimate of drug-likeness (QED) is 0.788. The normalized spacial score (nSPS) is 17.4. The fraction of sp³-hybridized carbons (Fsp3) is 0.800. The molecule has 2 heterocycles. The van der Waals surface area contributed by atoms with Crippen molar-refractivity contribution in [1.82, 2.24) is 20.4 Å². The van der Waals surface area contributed by atoms with Crippen molar-refractivity contribution in [2.75, 3.05) is 20.1 Å². The largest absolute Gasteiger partial charge is 0.339 e. The number of aromatic nitrogens is 2. The van der Waals surface area contributed by atoms with E-state index in [0.717, 1.165) is 31.3 Å². The van der Waals surface area contributed by atoms with E-state index in [0.29, 0.717) is 12.0 Å². The van der Waals surface area contributed by atoms with Crippen LogP contribution >= 0.6 is 0 Å². The van der Waals surface area contributed by atoms with Gasteiger partial charge in [-0.3, -0.25) is 4.90 Å². The average Bonchev–Trinajstić information content (AvgIpc) is 2.48. The minimum atomic E-state index is 0.307. The second kappa shape index (κ2) is 4.28. The van der Waals surface area contributed by atoms with Crippen LogP contribution in [0, 0.1) is 0 Å². The molecule has 0 saturated carbocycles. The zero-order valence-electron chi connectivity index (χ0n) is 9.53. The Kier molecular flexibility index (Phi) is 3.02. The second-order valence-electron chi connectivity index (χ2n) is 4.43. The average molecular weight is 210 g/mol. The van der Waals surface area contributed by atoms with E-state index in [-0.39, 0.29) is 0 Å². The Morgan fingerprint density at radius 2 is 2.27 bits per heavy atom. The van der Waals surface area contributed by atoms with E-state index in [1.807, 2.05) is 0 Å². The van der Waals surface area contributed by atoms with Gasteiger partial charge in [0, 0.05) is 25.0 Å². The van der Waals surface area contributed by atoms with Gasteiger partial charge in [-0.15, -0.1) is 0 Å². The number of nitrogens with one attached hydrogen (secondary N) is 1. The number of hydrogen-bond acceptors (Lipinski definition) is 5. The van der Waals surface area contributed by atoms with Crippen LogP contribution in [-0.2, 0) is 6.54 Å². The highest BCUT2D eigenvalue weighted by Gasteiger charge is 2.22. The van der Waals surface area contributed by atoms with E-state index in [9.17, 15) is 0 Å². The zero-order valence-corrected chi connectivity index (χ0v) is 9.53. The predicted molar refractivity (Wildman–Crippen MR) is 56.5 cm³/mol. The number of rotatable bonds is 4. The van der Waals surface area contributed by atoms with Gasteiger partial charge in [-0.05, 0) is 7.05 Å². The van der Waals surface area contributed by atoms with Crippen LogP contribution in [0.15, 0.2) is 4.52 Å². The van der Waals surface area contributed by atoms with Crippen molar-refractivity contribution in [1.29, 1.82) is 0 Å². The van der Waals surface area contributed by atoms with Crippen LogP contribution in [0.5, 0.6) is 0 Å². The van der Waals surface area contributed by atoms with E-state index in [1.54, 1.807) is 0 Å². The fourth-order valence-electron chi connectivity index (χ4n) is 1.50.